The van der Waals surface area contributed by atoms with Crippen LogP contribution in [0.5, 0.6) is 5.75 Å². The highest BCUT2D eigenvalue weighted by molar-refractivity contribution is 6.47. The Morgan fingerprint density at radius 1 is 1.10 bits per heavy atom. The van der Waals surface area contributed by atoms with Gasteiger partial charge in [0.15, 0.2) is 0 Å². The van der Waals surface area contributed by atoms with Gasteiger partial charge in [-0.25, -0.2) is 0 Å². The highest BCUT2D eigenvalue weighted by atomic mass is 35.5. The van der Waals surface area contributed by atoms with Gasteiger partial charge in [-0.3, -0.25) is 9.59 Å². The standard InChI is InChI=1S/C23H21Cl2NO4/c1-30-22-16(11-14(24)12-17(22)25)20(27)18-19(13-7-3-2-4-8-13)26(23(29)21(18)28)15-9-5-6-10-15/h2-4,7-8,11-12,15,19,27H,5-6,9-10H2,1H3/b20-18+. The Balaban J connectivity index is 1.95. The summed E-state index contributed by atoms with van der Waals surface area (Å²) in [6.07, 6.45) is 3.69. The Bertz CT molecular complexity index is 1030. The van der Waals surface area contributed by atoms with E-state index in [1.54, 1.807) is 4.90 Å². The van der Waals surface area contributed by atoms with E-state index in [-0.39, 0.29) is 38.7 Å². The predicted molar refractivity (Wildman–Crippen MR) is 116 cm³/mol. The van der Waals surface area contributed by atoms with Crippen molar-refractivity contribution < 1.29 is 19.4 Å². The van der Waals surface area contributed by atoms with E-state index in [2.05, 4.69) is 0 Å². The van der Waals surface area contributed by atoms with Gasteiger partial charge in [0.25, 0.3) is 11.7 Å². The monoisotopic (exact) mass is 445 g/mol. The van der Waals surface area contributed by atoms with E-state index in [1.165, 1.54) is 19.2 Å². The molecule has 1 saturated heterocycles. The Labute approximate surface area is 184 Å². The van der Waals surface area contributed by atoms with E-state index in [0.29, 0.717) is 0 Å². The van der Waals surface area contributed by atoms with E-state index in [9.17, 15) is 14.7 Å². The molecule has 7 heteroatoms. The zero-order valence-corrected chi connectivity index (χ0v) is 17.9. The van der Waals surface area contributed by atoms with Gasteiger partial charge in [0.05, 0.1) is 29.3 Å². The average Bonchev–Trinajstić information content (AvgIpc) is 3.35. The van der Waals surface area contributed by atoms with Gasteiger partial charge in [-0.15, -0.1) is 0 Å². The van der Waals surface area contributed by atoms with Crippen molar-refractivity contribution in [2.24, 2.45) is 0 Å². The first-order chi connectivity index (χ1) is 14.4. The van der Waals surface area contributed by atoms with Crippen LogP contribution in [0.1, 0.15) is 42.9 Å². The molecule has 0 aromatic heterocycles. The van der Waals surface area contributed by atoms with Gasteiger partial charge in [-0.1, -0.05) is 66.4 Å². The molecule has 1 unspecified atom stereocenters. The molecule has 2 aliphatic rings. The second-order valence-corrected chi connectivity index (χ2v) is 8.37. The van der Waals surface area contributed by atoms with Crippen molar-refractivity contribution in [2.75, 3.05) is 7.11 Å². The molecule has 2 aromatic rings. The lowest BCUT2D eigenvalue weighted by molar-refractivity contribution is -0.141. The fourth-order valence-corrected chi connectivity index (χ4v) is 5.03. The molecule has 1 atom stereocenters. The normalized spacial score (nSPS) is 21.4. The fraction of sp³-hybridized carbons (Fsp3) is 0.304. The molecule has 1 N–H and O–H groups in total. The summed E-state index contributed by atoms with van der Waals surface area (Å²) in [6, 6.07) is 11.5. The zero-order valence-electron chi connectivity index (χ0n) is 16.4. The summed E-state index contributed by atoms with van der Waals surface area (Å²) in [6.45, 7) is 0. The van der Waals surface area contributed by atoms with Crippen LogP contribution in [0.15, 0.2) is 48.0 Å². The number of amides is 1. The van der Waals surface area contributed by atoms with Gasteiger partial charge in [0.2, 0.25) is 0 Å². The van der Waals surface area contributed by atoms with Crippen LogP contribution in [-0.4, -0.2) is 34.8 Å². The third-order valence-corrected chi connectivity index (χ3v) is 6.28. The molecule has 1 saturated carbocycles. The van der Waals surface area contributed by atoms with E-state index >= 15 is 0 Å². The molecular weight excluding hydrogens is 425 g/mol. The maximum absolute atomic E-state index is 13.1. The van der Waals surface area contributed by atoms with E-state index in [1.807, 2.05) is 30.3 Å². The second kappa shape index (κ2) is 8.32. The minimum absolute atomic E-state index is 0.0229. The summed E-state index contributed by atoms with van der Waals surface area (Å²) in [5, 5.41) is 11.7. The number of nitrogens with zero attached hydrogens (tertiary/aromatic N) is 1. The molecule has 2 aromatic carbocycles. The molecule has 1 aliphatic carbocycles. The number of aliphatic hydroxyl groups excluding tert-OH is 1. The summed E-state index contributed by atoms with van der Waals surface area (Å²) >= 11 is 12.4. The van der Waals surface area contributed by atoms with Crippen molar-refractivity contribution in [2.45, 2.75) is 37.8 Å². The van der Waals surface area contributed by atoms with Crippen LogP contribution in [0.25, 0.3) is 5.76 Å². The van der Waals surface area contributed by atoms with Gasteiger partial charge in [0.1, 0.15) is 11.5 Å². The second-order valence-electron chi connectivity index (χ2n) is 7.52. The van der Waals surface area contributed by atoms with Gasteiger partial charge >= 0.3 is 0 Å². The molecule has 0 spiro atoms. The molecule has 1 aliphatic heterocycles. The SMILES string of the molecule is COc1c(Cl)cc(Cl)cc1/C(O)=C1\C(=O)C(=O)N(C2CCCC2)C1c1ccccc1. The summed E-state index contributed by atoms with van der Waals surface area (Å²) < 4.78 is 5.35. The van der Waals surface area contributed by atoms with Crippen LogP contribution >= 0.6 is 23.2 Å². The Morgan fingerprint density at radius 2 is 1.77 bits per heavy atom. The highest BCUT2D eigenvalue weighted by Crippen LogP contribution is 2.45. The summed E-state index contributed by atoms with van der Waals surface area (Å²) in [4.78, 5) is 27.8. The largest absolute Gasteiger partial charge is 0.507 e. The number of Topliss-reactive ketones (excluding diaryl/α,β-unsaturated/α-hetero) is 1. The van der Waals surface area contributed by atoms with Crippen LogP contribution in [0, 0.1) is 0 Å². The first-order valence-electron chi connectivity index (χ1n) is 9.82. The number of ketones is 1. The van der Waals surface area contributed by atoms with Gasteiger partial charge in [-0.05, 0) is 30.5 Å². The minimum atomic E-state index is -0.716. The lowest BCUT2D eigenvalue weighted by atomic mass is 9.94. The van der Waals surface area contributed by atoms with Crippen molar-refractivity contribution in [3.63, 3.8) is 0 Å². The predicted octanol–water partition coefficient (Wildman–Crippen LogP) is 5.37. The average molecular weight is 446 g/mol. The van der Waals surface area contributed by atoms with Gasteiger partial charge < -0.3 is 14.7 Å². The number of likely N-dealkylation sites (tertiary alicyclic amines) is 1. The number of hydrogen-bond acceptors (Lipinski definition) is 4. The van der Waals surface area contributed by atoms with E-state index in [4.69, 9.17) is 27.9 Å². The molecule has 0 radical (unpaired) electrons. The number of benzene rings is 2. The van der Waals surface area contributed by atoms with E-state index < -0.39 is 17.7 Å². The number of ether oxygens (including phenoxy) is 1. The third kappa shape index (κ3) is 3.46. The molecule has 1 heterocycles. The number of methoxy groups -OCH3 is 1. The maximum Gasteiger partial charge on any atom is 0.295 e. The van der Waals surface area contributed by atoms with Gasteiger partial charge in [0, 0.05) is 11.1 Å². The van der Waals surface area contributed by atoms with Crippen LogP contribution in [0.2, 0.25) is 10.0 Å². The molecule has 5 nitrogen and oxygen atoms in total. The Hall–Kier alpha value is -2.50. The quantitative estimate of drug-likeness (QED) is 0.390. The third-order valence-electron chi connectivity index (χ3n) is 5.78. The first-order valence-corrected chi connectivity index (χ1v) is 10.6. The van der Waals surface area contributed by atoms with Crippen LogP contribution in [0.3, 0.4) is 0 Å². The fourth-order valence-electron chi connectivity index (χ4n) is 4.46. The number of rotatable bonds is 4. The molecule has 2 fully saturated rings. The Kier molecular flexibility index (Phi) is 5.76. The number of halogens is 2. The molecule has 0 bridgehead atoms. The molecule has 30 heavy (non-hydrogen) atoms. The number of carbonyl (C=O) groups excluding carboxylic acids is 2. The molecule has 4 rings (SSSR count). The molecular formula is C23H21Cl2NO4. The lowest BCUT2D eigenvalue weighted by Gasteiger charge is -2.30. The topological polar surface area (TPSA) is 66.8 Å². The maximum atomic E-state index is 13.1. The van der Waals surface area contributed by atoms with Crippen LogP contribution in [0.4, 0.5) is 0 Å². The van der Waals surface area contributed by atoms with Crippen LogP contribution in [-0.2, 0) is 9.59 Å². The van der Waals surface area contributed by atoms with Crippen LogP contribution < -0.4 is 4.74 Å². The van der Waals surface area contributed by atoms with Gasteiger partial charge in [-0.2, -0.15) is 0 Å². The van der Waals surface area contributed by atoms with Crippen molar-refractivity contribution in [1.82, 2.24) is 4.90 Å². The van der Waals surface area contributed by atoms with Crippen molar-refractivity contribution >= 4 is 40.7 Å². The summed E-state index contributed by atoms with van der Waals surface area (Å²) in [5.41, 5.74) is 0.965. The van der Waals surface area contributed by atoms with Crippen molar-refractivity contribution in [3.05, 3.63) is 69.2 Å². The summed E-state index contributed by atoms with van der Waals surface area (Å²) in [7, 11) is 1.41. The number of aliphatic hydroxyl groups is 1. The molecule has 1 amide bonds. The zero-order chi connectivity index (χ0) is 21.4. The summed E-state index contributed by atoms with van der Waals surface area (Å²) in [5.74, 6) is -1.46. The van der Waals surface area contributed by atoms with Crippen molar-refractivity contribution in [3.8, 4) is 5.75 Å². The number of hydrogen-bond donors (Lipinski definition) is 1. The first kappa shape index (κ1) is 20.8. The number of carbonyl (C=O) groups is 2. The highest BCUT2D eigenvalue weighted by Gasteiger charge is 2.49. The van der Waals surface area contributed by atoms with Crippen molar-refractivity contribution in [1.29, 1.82) is 0 Å². The molecule has 156 valence electrons. The lowest BCUT2D eigenvalue weighted by Crippen LogP contribution is -2.37. The Morgan fingerprint density at radius 3 is 2.40 bits per heavy atom. The smallest absolute Gasteiger partial charge is 0.295 e. The minimum Gasteiger partial charge on any atom is -0.507 e. The van der Waals surface area contributed by atoms with E-state index in [0.717, 1.165) is 31.2 Å².